The van der Waals surface area contributed by atoms with Gasteiger partial charge < -0.3 is 13.7 Å². The van der Waals surface area contributed by atoms with Gasteiger partial charge in [-0.2, -0.15) is 0 Å². The Hall–Kier alpha value is -6.84. The second-order valence-corrected chi connectivity index (χ2v) is 14.0. The van der Waals surface area contributed by atoms with Gasteiger partial charge in [-0.3, -0.25) is 0 Å². The van der Waals surface area contributed by atoms with Crippen molar-refractivity contribution in [1.82, 2.24) is 0 Å². The number of para-hydroxylation sites is 4. The second kappa shape index (κ2) is 11.9. The second-order valence-electron chi connectivity index (χ2n) is 14.0. The van der Waals surface area contributed by atoms with Crippen LogP contribution in [0.5, 0.6) is 0 Å². The third-order valence-electron chi connectivity index (χ3n) is 11.0. The lowest BCUT2D eigenvalue weighted by Gasteiger charge is -2.28. The number of hydrogen-bond donors (Lipinski definition) is 0. The number of allylic oxidation sites excluding steroid dienone is 5. The van der Waals surface area contributed by atoms with E-state index >= 15 is 0 Å². The molecule has 2 heterocycles. The van der Waals surface area contributed by atoms with Gasteiger partial charge in [-0.1, -0.05) is 140 Å². The quantitative estimate of drug-likeness (QED) is 0.181. The van der Waals surface area contributed by atoms with E-state index in [1.807, 2.05) is 18.2 Å². The molecule has 0 radical (unpaired) electrons. The largest absolute Gasteiger partial charge is 0.456 e. The van der Waals surface area contributed by atoms with E-state index in [-0.39, 0.29) is 11.8 Å². The van der Waals surface area contributed by atoms with Gasteiger partial charge in [0.05, 0.1) is 5.69 Å². The summed E-state index contributed by atoms with van der Waals surface area (Å²) in [5.74, 6) is 1.49. The average molecular weight is 680 g/mol. The van der Waals surface area contributed by atoms with Crippen LogP contribution in [0.25, 0.3) is 66.5 Å². The van der Waals surface area contributed by atoms with Crippen molar-refractivity contribution in [3.8, 4) is 11.1 Å². The topological polar surface area (TPSA) is 29.5 Å². The first-order valence-electron chi connectivity index (χ1n) is 18.3. The van der Waals surface area contributed by atoms with Crippen LogP contribution in [0.2, 0.25) is 0 Å². The number of hydrogen-bond acceptors (Lipinski definition) is 3. The highest BCUT2D eigenvalue weighted by atomic mass is 16.3. The van der Waals surface area contributed by atoms with Gasteiger partial charge in [0.15, 0.2) is 0 Å². The molecule has 0 N–H and O–H groups in total. The van der Waals surface area contributed by atoms with E-state index < -0.39 is 0 Å². The van der Waals surface area contributed by atoms with Gasteiger partial charge in [0.25, 0.3) is 0 Å². The molecule has 2 atom stereocenters. The minimum atomic E-state index is 0.253. The van der Waals surface area contributed by atoms with Crippen LogP contribution in [-0.2, 0) is 0 Å². The van der Waals surface area contributed by atoms with E-state index in [1.165, 1.54) is 32.9 Å². The fourth-order valence-electron chi connectivity index (χ4n) is 8.61. The van der Waals surface area contributed by atoms with Crippen LogP contribution >= 0.6 is 0 Å². The zero-order valence-corrected chi connectivity index (χ0v) is 28.8. The highest BCUT2D eigenvalue weighted by Crippen LogP contribution is 2.47. The van der Waals surface area contributed by atoms with Crippen molar-refractivity contribution in [3.05, 3.63) is 199 Å². The summed E-state index contributed by atoms with van der Waals surface area (Å²) >= 11 is 0. The maximum absolute atomic E-state index is 6.39. The predicted octanol–water partition coefficient (Wildman–Crippen LogP) is 14.0. The molecular weight excluding hydrogens is 647 g/mol. The summed E-state index contributed by atoms with van der Waals surface area (Å²) in [5.41, 5.74) is 12.1. The summed E-state index contributed by atoms with van der Waals surface area (Å²) < 4.78 is 12.6. The molecule has 2 aromatic heterocycles. The van der Waals surface area contributed by atoms with E-state index in [2.05, 4.69) is 175 Å². The molecule has 3 nitrogen and oxygen atoms in total. The van der Waals surface area contributed by atoms with Crippen molar-refractivity contribution in [1.29, 1.82) is 0 Å². The van der Waals surface area contributed by atoms with E-state index in [0.29, 0.717) is 0 Å². The van der Waals surface area contributed by atoms with Gasteiger partial charge in [-0.05, 0) is 70.6 Å². The standard InChI is InChI=1S/C50H33NO2/c1-2-11-35(12-3-1)51(36-27-23-32(24-28-36)39-16-9-19-43-42-13-4-6-21-46(42)53-50(39)43)45-20-10-17-40-37(15-8-18-41(40)45)33-25-29-38-34(31-33)26-30-48-49(38)44-14-5-7-22-47(44)52-48/h1-31,34,38H. The Morgan fingerprint density at radius 2 is 1.11 bits per heavy atom. The molecule has 0 aliphatic heterocycles. The van der Waals surface area contributed by atoms with Crippen molar-refractivity contribution in [2.45, 2.75) is 5.92 Å². The Morgan fingerprint density at radius 3 is 1.96 bits per heavy atom. The van der Waals surface area contributed by atoms with E-state index in [9.17, 15) is 0 Å². The normalized spacial score (nSPS) is 16.3. The SMILES string of the molecule is C1=CC2c3c(oc4ccccc34)C=CC2C=C1c1cccc2c(N(c3ccccc3)c3ccc(-c4cccc5c4oc4ccccc45)cc3)cccc12. The molecule has 0 spiro atoms. The molecule has 0 saturated heterocycles. The number of rotatable bonds is 5. The fraction of sp³-hybridized carbons (Fsp3) is 0.0400. The molecule has 2 unspecified atom stereocenters. The van der Waals surface area contributed by atoms with Crippen LogP contribution in [0.4, 0.5) is 17.1 Å². The summed E-state index contributed by atoms with van der Waals surface area (Å²) in [7, 11) is 0. The monoisotopic (exact) mass is 679 g/mol. The zero-order chi connectivity index (χ0) is 34.9. The molecule has 2 aliphatic carbocycles. The Morgan fingerprint density at radius 1 is 0.453 bits per heavy atom. The Bertz CT molecular complexity index is 2960. The molecule has 0 saturated carbocycles. The Labute approximate surface area is 307 Å². The van der Waals surface area contributed by atoms with Crippen molar-refractivity contribution >= 4 is 72.4 Å². The van der Waals surface area contributed by atoms with Crippen molar-refractivity contribution in [2.75, 3.05) is 4.90 Å². The summed E-state index contributed by atoms with van der Waals surface area (Å²) in [6.45, 7) is 0. The van der Waals surface area contributed by atoms with E-state index in [0.717, 1.165) is 61.5 Å². The van der Waals surface area contributed by atoms with Gasteiger partial charge in [0, 0.05) is 55.9 Å². The molecule has 7 aromatic carbocycles. The lowest BCUT2D eigenvalue weighted by molar-refractivity contribution is 0.578. The first-order chi connectivity index (χ1) is 26.3. The smallest absolute Gasteiger partial charge is 0.143 e. The minimum Gasteiger partial charge on any atom is -0.456 e. The minimum absolute atomic E-state index is 0.253. The third kappa shape index (κ3) is 4.74. The zero-order valence-electron chi connectivity index (χ0n) is 28.8. The molecule has 53 heavy (non-hydrogen) atoms. The summed E-state index contributed by atoms with van der Waals surface area (Å²) in [6.07, 6.45) is 11.6. The van der Waals surface area contributed by atoms with Gasteiger partial charge in [-0.15, -0.1) is 0 Å². The summed E-state index contributed by atoms with van der Waals surface area (Å²) in [5, 5.41) is 5.91. The number of nitrogens with zero attached hydrogens (tertiary/aromatic N) is 1. The lowest BCUT2D eigenvalue weighted by Crippen LogP contribution is -2.14. The van der Waals surface area contributed by atoms with Crippen LogP contribution in [0, 0.1) is 5.92 Å². The summed E-state index contributed by atoms with van der Waals surface area (Å²) in [4.78, 5) is 2.37. The molecule has 2 aliphatic rings. The lowest BCUT2D eigenvalue weighted by atomic mass is 9.76. The third-order valence-corrected chi connectivity index (χ3v) is 11.0. The molecule has 250 valence electrons. The number of anilines is 3. The average Bonchev–Trinajstić information content (AvgIpc) is 3.80. The highest BCUT2D eigenvalue weighted by molar-refractivity contribution is 6.10. The predicted molar refractivity (Wildman–Crippen MR) is 220 cm³/mol. The van der Waals surface area contributed by atoms with Crippen LogP contribution in [0.15, 0.2) is 191 Å². The van der Waals surface area contributed by atoms with Crippen LogP contribution < -0.4 is 4.90 Å². The molecular formula is C50H33NO2. The maximum atomic E-state index is 6.39. The summed E-state index contributed by atoms with van der Waals surface area (Å²) in [6, 6.07) is 56.0. The number of benzene rings is 7. The maximum Gasteiger partial charge on any atom is 0.143 e. The first kappa shape index (κ1) is 29.8. The van der Waals surface area contributed by atoms with Crippen LogP contribution in [0.3, 0.4) is 0 Å². The molecule has 9 aromatic rings. The highest BCUT2D eigenvalue weighted by Gasteiger charge is 2.30. The van der Waals surface area contributed by atoms with Gasteiger partial charge >= 0.3 is 0 Å². The van der Waals surface area contributed by atoms with Gasteiger partial charge in [-0.25, -0.2) is 0 Å². The van der Waals surface area contributed by atoms with Crippen molar-refractivity contribution in [3.63, 3.8) is 0 Å². The molecule has 3 heteroatoms. The van der Waals surface area contributed by atoms with E-state index in [4.69, 9.17) is 8.83 Å². The molecule has 11 rings (SSSR count). The Balaban J connectivity index is 0.995. The molecule has 0 fully saturated rings. The molecule has 0 bridgehead atoms. The fourth-order valence-corrected chi connectivity index (χ4v) is 8.61. The molecule has 0 amide bonds. The van der Waals surface area contributed by atoms with Crippen LogP contribution in [0.1, 0.15) is 22.8 Å². The number of furan rings is 2. The van der Waals surface area contributed by atoms with Gasteiger partial charge in [0.2, 0.25) is 0 Å². The van der Waals surface area contributed by atoms with Crippen molar-refractivity contribution < 1.29 is 8.83 Å². The number of fused-ring (bicyclic) bond motifs is 9. The first-order valence-corrected chi connectivity index (χ1v) is 18.3. The van der Waals surface area contributed by atoms with Gasteiger partial charge in [0.1, 0.15) is 22.5 Å². The van der Waals surface area contributed by atoms with Crippen LogP contribution in [-0.4, -0.2) is 0 Å². The van der Waals surface area contributed by atoms with Crippen molar-refractivity contribution in [2.24, 2.45) is 5.92 Å². The van der Waals surface area contributed by atoms with E-state index in [1.54, 1.807) is 0 Å². The Kier molecular flexibility index (Phi) is 6.68.